The summed E-state index contributed by atoms with van der Waals surface area (Å²) in [6.45, 7) is 6.22. The topological polar surface area (TPSA) is 43.4 Å². The van der Waals surface area contributed by atoms with Gasteiger partial charge in [-0.25, -0.2) is 4.21 Å². The van der Waals surface area contributed by atoms with Crippen molar-refractivity contribution in [1.29, 1.82) is 0 Å². The molecule has 1 aromatic rings. The van der Waals surface area contributed by atoms with Crippen LogP contribution in [0.4, 0.5) is 0 Å². The number of carbonyl (C=O) groups is 1. The molecule has 0 unspecified atom stereocenters. The number of benzene rings is 1. The molecule has 0 heterocycles. The lowest BCUT2D eigenvalue weighted by Gasteiger charge is -2.17. The third-order valence-corrected chi connectivity index (χ3v) is 5.38. The van der Waals surface area contributed by atoms with E-state index < -0.39 is 10.8 Å². The molecule has 0 N–H and O–H groups in total. The summed E-state index contributed by atoms with van der Waals surface area (Å²) in [6.07, 6.45) is 3.19. The molecule has 0 radical (unpaired) electrons. The lowest BCUT2D eigenvalue weighted by molar-refractivity contribution is -0.141. The zero-order valence-corrected chi connectivity index (χ0v) is 13.8. The van der Waals surface area contributed by atoms with Gasteiger partial charge < -0.3 is 4.74 Å². The van der Waals surface area contributed by atoms with E-state index in [4.69, 9.17) is 4.74 Å². The fourth-order valence-electron chi connectivity index (χ4n) is 2.76. The predicted octanol–water partition coefficient (Wildman–Crippen LogP) is 3.60. The van der Waals surface area contributed by atoms with Gasteiger partial charge in [0.2, 0.25) is 0 Å². The van der Waals surface area contributed by atoms with E-state index >= 15 is 0 Å². The van der Waals surface area contributed by atoms with E-state index in [2.05, 4.69) is 19.9 Å². The first-order chi connectivity index (χ1) is 9.82. The summed E-state index contributed by atoms with van der Waals surface area (Å²) in [7, 11) is 0.183. The van der Waals surface area contributed by atoms with Crippen molar-refractivity contribution in [3.8, 4) is 0 Å². The lowest BCUT2D eigenvalue weighted by Crippen LogP contribution is -2.14. The van der Waals surface area contributed by atoms with Gasteiger partial charge in [-0.1, -0.05) is 37.6 Å². The summed E-state index contributed by atoms with van der Waals surface area (Å²) in [5.74, 6) is -0.251. The van der Waals surface area contributed by atoms with Crippen LogP contribution in [0.1, 0.15) is 32.3 Å². The van der Waals surface area contributed by atoms with Crippen LogP contribution in [0.5, 0.6) is 0 Å². The molecule has 114 valence electrons. The fourth-order valence-corrected chi connectivity index (χ4v) is 4.31. The molecule has 2 rings (SSSR count). The molecular weight excluding hydrogens is 284 g/mol. The number of hydrogen-bond acceptors (Lipinski definition) is 3. The van der Waals surface area contributed by atoms with Crippen LogP contribution in [0.2, 0.25) is 0 Å². The summed E-state index contributed by atoms with van der Waals surface area (Å²) in [5, 5.41) is 0. The van der Waals surface area contributed by atoms with E-state index in [1.807, 2.05) is 31.2 Å². The van der Waals surface area contributed by atoms with E-state index in [0.29, 0.717) is 6.42 Å². The maximum atomic E-state index is 12.8. The predicted molar refractivity (Wildman–Crippen MR) is 84.2 cm³/mol. The molecule has 0 spiro atoms. The van der Waals surface area contributed by atoms with Crippen LogP contribution < -0.4 is 0 Å². The van der Waals surface area contributed by atoms with E-state index in [1.165, 1.54) is 7.11 Å². The van der Waals surface area contributed by atoms with Gasteiger partial charge in [-0.15, -0.1) is 0 Å². The maximum Gasteiger partial charge on any atom is 0.306 e. The first kappa shape index (κ1) is 16.0. The average molecular weight is 306 g/mol. The van der Waals surface area contributed by atoms with E-state index in [0.717, 1.165) is 21.8 Å². The maximum absolute atomic E-state index is 12.8. The number of allylic oxidation sites excluding steroid dienone is 2. The smallest absolute Gasteiger partial charge is 0.306 e. The third-order valence-electron chi connectivity index (χ3n) is 3.80. The largest absolute Gasteiger partial charge is 0.469 e. The van der Waals surface area contributed by atoms with Gasteiger partial charge in [0.25, 0.3) is 0 Å². The van der Waals surface area contributed by atoms with Gasteiger partial charge in [0.15, 0.2) is 0 Å². The standard InChI is InChI=1S/C17H22O3S/c1-12-5-7-14(8-6-12)21(19)15-11-17(2,3)10-13(15)9-16(18)20-4/h5-8,11,13H,9-10H2,1-4H3/t13-,21+/m1/s1. The first-order valence-corrected chi connectivity index (χ1v) is 8.25. The lowest BCUT2D eigenvalue weighted by atomic mass is 9.89. The molecule has 21 heavy (non-hydrogen) atoms. The van der Waals surface area contributed by atoms with Gasteiger partial charge in [0, 0.05) is 15.7 Å². The molecular formula is C17H22O3S. The number of rotatable bonds is 4. The van der Waals surface area contributed by atoms with Crippen molar-refractivity contribution in [1.82, 2.24) is 0 Å². The van der Waals surface area contributed by atoms with Gasteiger partial charge in [-0.05, 0) is 30.9 Å². The van der Waals surface area contributed by atoms with Crippen molar-refractivity contribution < 1.29 is 13.7 Å². The van der Waals surface area contributed by atoms with Crippen LogP contribution in [0.15, 0.2) is 40.1 Å². The molecule has 1 aliphatic rings. The quantitative estimate of drug-likeness (QED) is 0.798. The Kier molecular flexibility index (Phi) is 4.67. The van der Waals surface area contributed by atoms with Gasteiger partial charge in [0.1, 0.15) is 0 Å². The van der Waals surface area contributed by atoms with Crippen LogP contribution in [0.3, 0.4) is 0 Å². The molecule has 2 atom stereocenters. The summed E-state index contributed by atoms with van der Waals surface area (Å²) in [4.78, 5) is 13.2. The SMILES string of the molecule is COC(=O)C[C@@H]1CC(C)(C)C=C1[S@@](=O)c1ccc(C)cc1. The van der Waals surface area contributed by atoms with Crippen LogP contribution in [-0.4, -0.2) is 17.3 Å². The van der Waals surface area contributed by atoms with Crippen molar-refractivity contribution >= 4 is 16.8 Å². The highest BCUT2D eigenvalue weighted by atomic mass is 32.2. The van der Waals surface area contributed by atoms with Crippen LogP contribution in [0.25, 0.3) is 0 Å². The van der Waals surface area contributed by atoms with Gasteiger partial charge >= 0.3 is 5.97 Å². The number of methoxy groups -OCH3 is 1. The first-order valence-electron chi connectivity index (χ1n) is 7.10. The van der Waals surface area contributed by atoms with Crippen LogP contribution >= 0.6 is 0 Å². The number of aryl methyl sites for hydroxylation is 1. The Morgan fingerprint density at radius 2 is 1.95 bits per heavy atom. The molecule has 0 saturated carbocycles. The van der Waals surface area contributed by atoms with E-state index in [1.54, 1.807) is 0 Å². The Morgan fingerprint density at radius 3 is 2.52 bits per heavy atom. The summed E-state index contributed by atoms with van der Waals surface area (Å²) >= 11 is 0. The van der Waals surface area contributed by atoms with Gasteiger partial charge in [-0.2, -0.15) is 0 Å². The highest BCUT2D eigenvalue weighted by Crippen LogP contribution is 2.43. The van der Waals surface area contributed by atoms with Crippen molar-refractivity contribution in [3.63, 3.8) is 0 Å². The highest BCUT2D eigenvalue weighted by molar-refractivity contribution is 7.89. The molecule has 0 bridgehead atoms. The minimum absolute atomic E-state index is 0.00501. The molecule has 0 fully saturated rings. The minimum Gasteiger partial charge on any atom is -0.469 e. The number of ether oxygens (including phenoxy) is 1. The fraction of sp³-hybridized carbons (Fsp3) is 0.471. The highest BCUT2D eigenvalue weighted by Gasteiger charge is 2.36. The Bertz CT molecular complexity index is 585. The number of esters is 1. The van der Waals surface area contributed by atoms with Crippen LogP contribution in [0, 0.1) is 18.3 Å². The normalized spacial score (nSPS) is 21.7. The second-order valence-electron chi connectivity index (χ2n) is 6.30. The zero-order valence-electron chi connectivity index (χ0n) is 13.0. The van der Waals surface area contributed by atoms with E-state index in [-0.39, 0.29) is 17.3 Å². The second-order valence-corrected chi connectivity index (χ2v) is 7.78. The second kappa shape index (κ2) is 6.14. The molecule has 0 aliphatic heterocycles. The Hall–Kier alpha value is -1.42. The minimum atomic E-state index is -1.21. The van der Waals surface area contributed by atoms with E-state index in [9.17, 15) is 9.00 Å². The van der Waals surface area contributed by atoms with Gasteiger partial charge in [-0.3, -0.25) is 4.79 Å². The zero-order chi connectivity index (χ0) is 15.6. The molecule has 0 amide bonds. The molecule has 0 saturated heterocycles. The number of carbonyl (C=O) groups excluding carboxylic acids is 1. The Balaban J connectivity index is 2.27. The van der Waals surface area contributed by atoms with Crippen molar-refractivity contribution in [3.05, 3.63) is 40.8 Å². The van der Waals surface area contributed by atoms with Gasteiger partial charge in [0.05, 0.1) is 24.3 Å². The van der Waals surface area contributed by atoms with Crippen molar-refractivity contribution in [2.45, 2.75) is 38.5 Å². The average Bonchev–Trinajstić information content (AvgIpc) is 2.73. The molecule has 1 aliphatic carbocycles. The van der Waals surface area contributed by atoms with Crippen LogP contribution in [-0.2, 0) is 20.3 Å². The molecule has 0 aromatic heterocycles. The Labute approximate surface area is 128 Å². The van der Waals surface area contributed by atoms with Crippen molar-refractivity contribution in [2.24, 2.45) is 11.3 Å². The number of hydrogen-bond donors (Lipinski definition) is 0. The summed E-state index contributed by atoms with van der Waals surface area (Å²) in [5.41, 5.74) is 1.11. The third kappa shape index (κ3) is 3.82. The summed E-state index contributed by atoms with van der Waals surface area (Å²) < 4.78 is 17.6. The summed E-state index contributed by atoms with van der Waals surface area (Å²) in [6, 6.07) is 7.71. The van der Waals surface area contributed by atoms with Crippen molar-refractivity contribution in [2.75, 3.05) is 7.11 Å². The molecule has 4 heteroatoms. The Morgan fingerprint density at radius 1 is 1.33 bits per heavy atom. The molecule has 1 aromatic carbocycles. The monoisotopic (exact) mass is 306 g/mol. The molecule has 3 nitrogen and oxygen atoms in total.